The topological polar surface area (TPSA) is 29.5 Å². The van der Waals surface area contributed by atoms with E-state index >= 15 is 0 Å². The molecule has 3 nitrogen and oxygen atoms in total. The van der Waals surface area contributed by atoms with Crippen LogP contribution in [0, 0.1) is 0 Å². The number of hydrogen-bond acceptors (Lipinski definition) is 3. The van der Waals surface area contributed by atoms with Crippen molar-refractivity contribution in [3.05, 3.63) is 252 Å². The van der Waals surface area contributed by atoms with Gasteiger partial charge < -0.3 is 13.7 Å². The van der Waals surface area contributed by atoms with Crippen molar-refractivity contribution in [2.24, 2.45) is 0 Å². The molecule has 65 heavy (non-hydrogen) atoms. The second-order valence-electron chi connectivity index (χ2n) is 17.8. The van der Waals surface area contributed by atoms with Crippen molar-refractivity contribution in [2.45, 2.75) is 37.0 Å². The maximum Gasteiger partial charge on any atom is 0.135 e. The Morgan fingerprint density at radius 1 is 0.477 bits per heavy atom. The molecular formula is C62H45NO2. The Bertz CT molecular complexity index is 3660. The van der Waals surface area contributed by atoms with E-state index in [1.54, 1.807) is 0 Å². The maximum atomic E-state index is 6.64. The summed E-state index contributed by atoms with van der Waals surface area (Å²) in [7, 11) is 0. The van der Waals surface area contributed by atoms with E-state index in [2.05, 4.69) is 217 Å². The summed E-state index contributed by atoms with van der Waals surface area (Å²) in [5.74, 6) is 1.57. The van der Waals surface area contributed by atoms with Crippen molar-refractivity contribution >= 4 is 77.5 Å². The molecule has 3 heteroatoms. The Morgan fingerprint density at radius 2 is 1.20 bits per heavy atom. The van der Waals surface area contributed by atoms with Gasteiger partial charge in [0.15, 0.2) is 0 Å². The summed E-state index contributed by atoms with van der Waals surface area (Å²) >= 11 is 0. The van der Waals surface area contributed by atoms with Crippen LogP contribution in [0.5, 0.6) is 0 Å². The van der Waals surface area contributed by atoms with E-state index in [9.17, 15) is 0 Å². The predicted molar refractivity (Wildman–Crippen MR) is 271 cm³/mol. The van der Waals surface area contributed by atoms with Gasteiger partial charge in [-0.25, -0.2) is 0 Å². The molecule has 2 aromatic heterocycles. The average molecular weight is 836 g/mol. The third-order valence-corrected chi connectivity index (χ3v) is 14.1. The zero-order valence-corrected chi connectivity index (χ0v) is 35.9. The van der Waals surface area contributed by atoms with E-state index in [0.29, 0.717) is 0 Å². The highest BCUT2D eigenvalue weighted by Crippen LogP contribution is 2.48. The third kappa shape index (κ3) is 6.49. The minimum atomic E-state index is 0.110. The summed E-state index contributed by atoms with van der Waals surface area (Å²) in [6.45, 7) is 0. The quantitative estimate of drug-likeness (QED) is 0.160. The first-order valence-electron chi connectivity index (χ1n) is 23.0. The predicted octanol–water partition coefficient (Wildman–Crippen LogP) is 17.1. The molecule has 0 saturated carbocycles. The summed E-state index contributed by atoms with van der Waals surface area (Å²) in [5, 5.41) is 8.50. The molecule has 3 aliphatic rings. The van der Waals surface area contributed by atoms with Crippen LogP contribution in [0.15, 0.2) is 227 Å². The first kappa shape index (κ1) is 37.7. The molecule has 0 fully saturated rings. The fourth-order valence-corrected chi connectivity index (χ4v) is 10.9. The van der Waals surface area contributed by atoms with Crippen molar-refractivity contribution in [1.29, 1.82) is 0 Å². The monoisotopic (exact) mass is 835 g/mol. The highest BCUT2D eigenvalue weighted by molar-refractivity contribution is 6.05. The minimum Gasteiger partial charge on any atom is -0.456 e. The van der Waals surface area contributed by atoms with E-state index in [1.165, 1.54) is 71.7 Å². The summed E-state index contributed by atoms with van der Waals surface area (Å²) < 4.78 is 13.0. The average Bonchev–Trinajstić information content (AvgIpc) is 3.94. The van der Waals surface area contributed by atoms with Gasteiger partial charge in [0.2, 0.25) is 0 Å². The van der Waals surface area contributed by atoms with Crippen LogP contribution in [-0.2, 0) is 0 Å². The lowest BCUT2D eigenvalue weighted by atomic mass is 9.82. The second kappa shape index (κ2) is 15.4. The number of anilines is 2. The molecule has 0 N–H and O–H groups in total. The second-order valence-corrected chi connectivity index (χ2v) is 17.8. The highest BCUT2D eigenvalue weighted by Gasteiger charge is 2.30. The summed E-state index contributed by atoms with van der Waals surface area (Å²) in [6.07, 6.45) is 21.4. The van der Waals surface area contributed by atoms with Gasteiger partial charge in [-0.1, -0.05) is 164 Å². The van der Waals surface area contributed by atoms with Gasteiger partial charge in [0.05, 0.1) is 0 Å². The molecule has 310 valence electrons. The van der Waals surface area contributed by atoms with Gasteiger partial charge >= 0.3 is 0 Å². The molecule has 0 spiro atoms. The van der Waals surface area contributed by atoms with Crippen LogP contribution < -0.4 is 4.90 Å². The molecular weight excluding hydrogens is 791 g/mol. The molecule has 13 rings (SSSR count). The van der Waals surface area contributed by atoms with Gasteiger partial charge in [-0.2, -0.15) is 0 Å². The summed E-state index contributed by atoms with van der Waals surface area (Å²) in [4.78, 5) is 2.49. The van der Waals surface area contributed by atoms with E-state index in [-0.39, 0.29) is 17.8 Å². The molecule has 0 saturated heterocycles. The van der Waals surface area contributed by atoms with Crippen LogP contribution in [-0.4, -0.2) is 0 Å². The first-order chi connectivity index (χ1) is 32.2. The Kier molecular flexibility index (Phi) is 8.94. The van der Waals surface area contributed by atoms with Crippen molar-refractivity contribution in [1.82, 2.24) is 0 Å². The smallest absolute Gasteiger partial charge is 0.135 e. The number of para-hydroxylation sites is 2. The molecule has 0 amide bonds. The third-order valence-electron chi connectivity index (χ3n) is 14.1. The van der Waals surface area contributed by atoms with Crippen molar-refractivity contribution in [3.8, 4) is 0 Å². The van der Waals surface area contributed by atoms with Crippen LogP contribution in [0.3, 0.4) is 0 Å². The van der Waals surface area contributed by atoms with Gasteiger partial charge in [-0.15, -0.1) is 0 Å². The normalized spacial score (nSPS) is 18.1. The van der Waals surface area contributed by atoms with Gasteiger partial charge in [-0.05, 0) is 123 Å². The standard InChI is InChI=1S/C62H45NO2/c1-2-14-45-38-61-56(37-44(45)13-1)62-55(22-11-25-59(62)65-61)52-19-5-7-23-57(52)63(49-33-28-41(29-34-49)46-30-35-54-53-20-6-8-24-58(53)64-60(54)39-46)48-31-26-40(27-32-48)43-16-9-17-47(36-43)51-21-10-15-42-12-3-4-18-50(42)51/h1-15,17-21,23-28,30-39,41,43,55H,16,22,29H2. The number of rotatable bonds is 7. The molecule has 8 aromatic carbocycles. The number of fused-ring (bicyclic) bond motifs is 8. The molecule has 3 unspecified atom stereocenters. The Hall–Kier alpha value is -7.88. The zero-order valence-electron chi connectivity index (χ0n) is 35.9. The van der Waals surface area contributed by atoms with E-state index in [1.807, 2.05) is 6.07 Å². The highest BCUT2D eigenvalue weighted by atomic mass is 16.3. The Balaban J connectivity index is 0.891. The number of nitrogens with zero attached hydrogens (tertiary/aromatic N) is 1. The van der Waals surface area contributed by atoms with Crippen LogP contribution in [0.2, 0.25) is 0 Å². The van der Waals surface area contributed by atoms with Crippen LogP contribution in [0.1, 0.15) is 70.6 Å². The number of benzene rings is 8. The number of allylic oxidation sites excluding steroid dienone is 8. The van der Waals surface area contributed by atoms with E-state index in [4.69, 9.17) is 8.83 Å². The lowest BCUT2D eigenvalue weighted by molar-refractivity contribution is 0.590. The Labute approximate surface area is 378 Å². The fraction of sp³-hybridized carbons (Fsp3) is 0.0968. The van der Waals surface area contributed by atoms with Crippen LogP contribution in [0.4, 0.5) is 11.4 Å². The lowest BCUT2D eigenvalue weighted by Crippen LogP contribution is -2.20. The summed E-state index contributed by atoms with van der Waals surface area (Å²) in [6, 6.07) is 61.9. The molecule has 3 aliphatic carbocycles. The van der Waals surface area contributed by atoms with Crippen molar-refractivity contribution in [2.75, 3.05) is 4.90 Å². The molecule has 0 radical (unpaired) electrons. The number of furan rings is 2. The maximum absolute atomic E-state index is 6.64. The largest absolute Gasteiger partial charge is 0.456 e. The van der Waals surface area contributed by atoms with Crippen LogP contribution in [0.25, 0.3) is 66.1 Å². The van der Waals surface area contributed by atoms with E-state index in [0.717, 1.165) is 58.2 Å². The van der Waals surface area contributed by atoms with Crippen molar-refractivity contribution < 1.29 is 8.83 Å². The van der Waals surface area contributed by atoms with Gasteiger partial charge in [0, 0.05) is 56.5 Å². The molecule has 0 aliphatic heterocycles. The first-order valence-corrected chi connectivity index (χ1v) is 23.0. The lowest BCUT2D eigenvalue weighted by Gasteiger charge is -2.33. The van der Waals surface area contributed by atoms with Crippen LogP contribution >= 0.6 is 0 Å². The number of hydrogen-bond donors (Lipinski definition) is 0. The zero-order chi connectivity index (χ0) is 42.8. The fourth-order valence-electron chi connectivity index (χ4n) is 10.9. The van der Waals surface area contributed by atoms with Gasteiger partial charge in [-0.3, -0.25) is 0 Å². The molecule has 3 atom stereocenters. The van der Waals surface area contributed by atoms with Crippen molar-refractivity contribution in [3.63, 3.8) is 0 Å². The SMILES string of the molecule is C1=CC(c2cccc3ccccc23)=CC(c2ccc(N(C3=CCC(c4ccc5c(c4)oc4ccccc45)C=C3)c3ccccc3C3CC=Cc4oc5cc6ccccc6cc5c43)cc2)C1. The van der Waals surface area contributed by atoms with Gasteiger partial charge in [0.25, 0.3) is 0 Å². The van der Waals surface area contributed by atoms with E-state index < -0.39 is 0 Å². The molecule has 10 aromatic rings. The molecule has 0 bridgehead atoms. The molecule has 2 heterocycles. The minimum absolute atomic E-state index is 0.110. The Morgan fingerprint density at radius 3 is 2.08 bits per heavy atom. The van der Waals surface area contributed by atoms with Gasteiger partial charge in [0.1, 0.15) is 22.5 Å². The summed E-state index contributed by atoms with van der Waals surface area (Å²) in [5.41, 5.74) is 14.0.